The minimum Gasteiger partial charge on any atom is -0.479 e. The third-order valence-electron chi connectivity index (χ3n) is 5.30. The molecular formula is C16H28N2O3. The number of nitrogens with one attached hydrogen (secondary N) is 1. The predicted molar refractivity (Wildman–Crippen MR) is 81.1 cm³/mol. The van der Waals surface area contributed by atoms with Gasteiger partial charge in [0.25, 0.3) is 0 Å². The molecule has 0 aromatic carbocycles. The summed E-state index contributed by atoms with van der Waals surface area (Å²) in [4.78, 5) is 25.5. The third-order valence-corrected chi connectivity index (χ3v) is 5.30. The van der Waals surface area contributed by atoms with Crippen molar-refractivity contribution < 1.29 is 14.7 Å². The molecule has 0 aromatic heterocycles. The molecule has 2 rings (SSSR count). The number of urea groups is 1. The Balaban J connectivity index is 1.91. The second kappa shape index (κ2) is 6.67. The Labute approximate surface area is 127 Å². The van der Waals surface area contributed by atoms with Crippen LogP contribution in [0.3, 0.4) is 0 Å². The molecule has 21 heavy (non-hydrogen) atoms. The first-order valence-corrected chi connectivity index (χ1v) is 8.28. The number of carbonyl (C=O) groups excluding carboxylic acids is 1. The summed E-state index contributed by atoms with van der Waals surface area (Å²) in [7, 11) is 0. The van der Waals surface area contributed by atoms with E-state index in [0.29, 0.717) is 31.8 Å². The van der Waals surface area contributed by atoms with E-state index in [1.54, 1.807) is 4.90 Å². The Morgan fingerprint density at radius 3 is 2.71 bits per heavy atom. The van der Waals surface area contributed by atoms with E-state index in [9.17, 15) is 14.7 Å². The van der Waals surface area contributed by atoms with Gasteiger partial charge in [-0.3, -0.25) is 0 Å². The van der Waals surface area contributed by atoms with Crippen LogP contribution in [0, 0.1) is 11.8 Å². The molecule has 2 aliphatic rings. The summed E-state index contributed by atoms with van der Waals surface area (Å²) in [5, 5.41) is 12.5. The van der Waals surface area contributed by atoms with Crippen molar-refractivity contribution in [3.05, 3.63) is 0 Å². The van der Waals surface area contributed by atoms with Crippen LogP contribution in [-0.2, 0) is 4.79 Å². The first kappa shape index (κ1) is 16.1. The van der Waals surface area contributed by atoms with Crippen LogP contribution in [0.1, 0.15) is 58.8 Å². The first-order valence-electron chi connectivity index (χ1n) is 8.28. The predicted octanol–water partition coefficient (Wildman–Crippen LogP) is 2.85. The number of nitrogens with zero attached hydrogens (tertiary/aromatic N) is 1. The number of carboxylic acids is 1. The van der Waals surface area contributed by atoms with Gasteiger partial charge in [0, 0.05) is 13.1 Å². The molecule has 5 heteroatoms. The number of rotatable bonds is 4. The molecule has 2 N–H and O–H groups in total. The third kappa shape index (κ3) is 3.33. The standard InChI is InChI=1S/C16H28N2O3/c1-3-16(14(19)20)8-5-9-18(16)15(21)17-11-13-7-4-6-12(2)10-13/h12-13H,3-11H2,1-2H3,(H,17,21)(H,19,20). The van der Waals surface area contributed by atoms with Crippen molar-refractivity contribution in [1.82, 2.24) is 10.2 Å². The highest BCUT2D eigenvalue weighted by molar-refractivity contribution is 5.87. The van der Waals surface area contributed by atoms with Crippen LogP contribution < -0.4 is 5.32 Å². The van der Waals surface area contributed by atoms with Crippen LogP contribution in [-0.4, -0.2) is 40.6 Å². The lowest BCUT2D eigenvalue weighted by Gasteiger charge is -2.34. The van der Waals surface area contributed by atoms with Crippen LogP contribution in [0.15, 0.2) is 0 Å². The summed E-state index contributed by atoms with van der Waals surface area (Å²) in [6, 6.07) is -0.199. The summed E-state index contributed by atoms with van der Waals surface area (Å²) in [6.45, 7) is 5.34. The molecular weight excluding hydrogens is 268 g/mol. The van der Waals surface area contributed by atoms with E-state index in [0.717, 1.165) is 18.8 Å². The smallest absolute Gasteiger partial charge is 0.329 e. The highest BCUT2D eigenvalue weighted by atomic mass is 16.4. The Morgan fingerprint density at radius 2 is 2.10 bits per heavy atom. The van der Waals surface area contributed by atoms with Crippen LogP contribution in [0.2, 0.25) is 0 Å². The van der Waals surface area contributed by atoms with Crippen molar-refractivity contribution in [3.63, 3.8) is 0 Å². The van der Waals surface area contributed by atoms with E-state index in [-0.39, 0.29) is 6.03 Å². The van der Waals surface area contributed by atoms with Gasteiger partial charge in [0.05, 0.1) is 0 Å². The van der Waals surface area contributed by atoms with E-state index in [2.05, 4.69) is 12.2 Å². The van der Waals surface area contributed by atoms with Gasteiger partial charge in [-0.25, -0.2) is 9.59 Å². The highest BCUT2D eigenvalue weighted by Gasteiger charge is 2.48. The molecule has 1 heterocycles. The molecule has 1 aliphatic heterocycles. The fourth-order valence-electron chi connectivity index (χ4n) is 3.99. The number of hydrogen-bond donors (Lipinski definition) is 2. The van der Waals surface area contributed by atoms with E-state index >= 15 is 0 Å². The minimum absolute atomic E-state index is 0.199. The summed E-state index contributed by atoms with van der Waals surface area (Å²) in [6.07, 6.45) is 6.66. The van der Waals surface area contributed by atoms with E-state index in [1.807, 2.05) is 6.92 Å². The average Bonchev–Trinajstić information content (AvgIpc) is 2.90. The lowest BCUT2D eigenvalue weighted by Crippen LogP contribution is -2.56. The molecule has 3 unspecified atom stereocenters. The maximum Gasteiger partial charge on any atom is 0.329 e. The van der Waals surface area contributed by atoms with Gasteiger partial charge in [0.1, 0.15) is 5.54 Å². The molecule has 2 amide bonds. The summed E-state index contributed by atoms with van der Waals surface area (Å²) < 4.78 is 0. The van der Waals surface area contributed by atoms with Crippen LogP contribution in [0.4, 0.5) is 4.79 Å². The molecule has 0 spiro atoms. The average molecular weight is 296 g/mol. The number of amides is 2. The quantitative estimate of drug-likeness (QED) is 0.838. The maximum atomic E-state index is 12.4. The second-order valence-corrected chi connectivity index (χ2v) is 6.77. The molecule has 0 aromatic rings. The summed E-state index contributed by atoms with van der Waals surface area (Å²) >= 11 is 0. The molecule has 1 aliphatic carbocycles. The van der Waals surface area contributed by atoms with Crippen molar-refractivity contribution in [2.75, 3.05) is 13.1 Å². The number of carbonyl (C=O) groups is 2. The number of likely N-dealkylation sites (tertiary alicyclic amines) is 1. The van der Waals surface area contributed by atoms with Crippen molar-refractivity contribution >= 4 is 12.0 Å². The Bertz CT molecular complexity index is 399. The van der Waals surface area contributed by atoms with Gasteiger partial charge in [-0.1, -0.05) is 26.7 Å². The van der Waals surface area contributed by atoms with Crippen molar-refractivity contribution in [2.24, 2.45) is 11.8 Å². The van der Waals surface area contributed by atoms with Gasteiger partial charge in [-0.2, -0.15) is 0 Å². The molecule has 1 saturated heterocycles. The number of hydrogen-bond acceptors (Lipinski definition) is 2. The Hall–Kier alpha value is -1.26. The van der Waals surface area contributed by atoms with E-state index in [1.165, 1.54) is 19.3 Å². The van der Waals surface area contributed by atoms with Crippen LogP contribution in [0.25, 0.3) is 0 Å². The second-order valence-electron chi connectivity index (χ2n) is 6.77. The van der Waals surface area contributed by atoms with Gasteiger partial charge in [0.2, 0.25) is 0 Å². The van der Waals surface area contributed by atoms with Crippen molar-refractivity contribution in [3.8, 4) is 0 Å². The van der Waals surface area contributed by atoms with Gasteiger partial charge in [-0.05, 0) is 43.9 Å². The highest BCUT2D eigenvalue weighted by Crippen LogP contribution is 2.33. The van der Waals surface area contributed by atoms with Gasteiger partial charge in [0.15, 0.2) is 0 Å². The lowest BCUT2D eigenvalue weighted by atomic mass is 9.82. The van der Waals surface area contributed by atoms with E-state index < -0.39 is 11.5 Å². The normalized spacial score (nSPS) is 33.0. The molecule has 1 saturated carbocycles. The SMILES string of the molecule is CCC1(C(=O)O)CCCN1C(=O)NCC1CCCC(C)C1. The molecule has 0 bridgehead atoms. The molecule has 3 atom stereocenters. The number of carboxylic acid groups (broad SMARTS) is 1. The maximum absolute atomic E-state index is 12.4. The summed E-state index contributed by atoms with van der Waals surface area (Å²) in [5.74, 6) is 0.409. The molecule has 5 nitrogen and oxygen atoms in total. The van der Waals surface area contributed by atoms with Crippen LogP contribution in [0.5, 0.6) is 0 Å². The topological polar surface area (TPSA) is 69.6 Å². The van der Waals surface area contributed by atoms with Gasteiger partial charge in [-0.15, -0.1) is 0 Å². The number of aliphatic carboxylic acids is 1. The fourth-order valence-corrected chi connectivity index (χ4v) is 3.99. The largest absolute Gasteiger partial charge is 0.479 e. The zero-order valence-corrected chi connectivity index (χ0v) is 13.2. The monoisotopic (exact) mass is 296 g/mol. The zero-order valence-electron chi connectivity index (χ0n) is 13.2. The summed E-state index contributed by atoms with van der Waals surface area (Å²) in [5.41, 5.74) is -0.996. The van der Waals surface area contributed by atoms with Gasteiger partial charge >= 0.3 is 12.0 Å². The van der Waals surface area contributed by atoms with Crippen molar-refractivity contribution in [2.45, 2.75) is 64.3 Å². The molecule has 2 fully saturated rings. The zero-order chi connectivity index (χ0) is 15.5. The Kier molecular flexibility index (Phi) is 5.12. The van der Waals surface area contributed by atoms with Gasteiger partial charge < -0.3 is 15.3 Å². The molecule has 120 valence electrons. The lowest BCUT2D eigenvalue weighted by molar-refractivity contribution is -0.148. The van der Waals surface area contributed by atoms with Crippen LogP contribution >= 0.6 is 0 Å². The first-order chi connectivity index (χ1) is 9.99. The molecule has 0 radical (unpaired) electrons. The van der Waals surface area contributed by atoms with Crippen molar-refractivity contribution in [1.29, 1.82) is 0 Å². The minimum atomic E-state index is -0.996. The Morgan fingerprint density at radius 1 is 1.33 bits per heavy atom. The fraction of sp³-hybridized carbons (Fsp3) is 0.875. The van der Waals surface area contributed by atoms with E-state index in [4.69, 9.17) is 0 Å².